The molecule has 4 heterocycles. The number of fused-ring (bicyclic) bond motifs is 1. The van der Waals surface area contributed by atoms with Crippen molar-refractivity contribution < 1.29 is 8.42 Å². The van der Waals surface area contributed by atoms with E-state index in [4.69, 9.17) is 0 Å². The Morgan fingerprint density at radius 3 is 2.96 bits per heavy atom. The van der Waals surface area contributed by atoms with Crippen LogP contribution in [0.3, 0.4) is 0 Å². The van der Waals surface area contributed by atoms with E-state index in [1.807, 2.05) is 29.1 Å². The number of aromatic nitrogens is 4. The van der Waals surface area contributed by atoms with Gasteiger partial charge in [-0.2, -0.15) is 0 Å². The van der Waals surface area contributed by atoms with Crippen LogP contribution in [0.5, 0.6) is 0 Å². The van der Waals surface area contributed by atoms with Gasteiger partial charge < -0.3 is 0 Å². The maximum Gasteiger partial charge on any atom is 0.234 e. The summed E-state index contributed by atoms with van der Waals surface area (Å²) >= 11 is 0. The minimum absolute atomic E-state index is 0.319. The van der Waals surface area contributed by atoms with Gasteiger partial charge in [0.1, 0.15) is 0 Å². The van der Waals surface area contributed by atoms with E-state index < -0.39 is 10.0 Å². The maximum atomic E-state index is 11.8. The summed E-state index contributed by atoms with van der Waals surface area (Å²) < 4.78 is 27.2. The SMILES string of the molecule is CS(=O)(=O)N1CCC[C@H](Cc2cncc(-c3cnc4ncccn34)c2)C1. The molecule has 1 atom stereocenters. The van der Waals surface area contributed by atoms with Crippen LogP contribution in [0.4, 0.5) is 0 Å². The van der Waals surface area contributed by atoms with Crippen molar-refractivity contribution in [1.29, 1.82) is 0 Å². The highest BCUT2D eigenvalue weighted by molar-refractivity contribution is 7.88. The summed E-state index contributed by atoms with van der Waals surface area (Å²) in [4.78, 5) is 13.0. The number of sulfonamides is 1. The van der Waals surface area contributed by atoms with Crippen LogP contribution in [-0.4, -0.2) is 51.4 Å². The van der Waals surface area contributed by atoms with Crippen LogP contribution >= 0.6 is 0 Å². The summed E-state index contributed by atoms with van der Waals surface area (Å²) in [5.74, 6) is 0.975. The van der Waals surface area contributed by atoms with Gasteiger partial charge in [-0.1, -0.05) is 0 Å². The summed E-state index contributed by atoms with van der Waals surface area (Å²) in [7, 11) is -3.12. The van der Waals surface area contributed by atoms with Crippen molar-refractivity contribution in [1.82, 2.24) is 23.7 Å². The molecule has 3 aromatic rings. The van der Waals surface area contributed by atoms with Crippen LogP contribution in [0.2, 0.25) is 0 Å². The highest BCUT2D eigenvalue weighted by Gasteiger charge is 2.26. The van der Waals surface area contributed by atoms with Gasteiger partial charge in [-0.25, -0.2) is 22.7 Å². The average Bonchev–Trinajstić information content (AvgIpc) is 3.06. The molecule has 4 rings (SSSR count). The third-order valence-corrected chi connectivity index (χ3v) is 6.12. The van der Waals surface area contributed by atoms with E-state index in [-0.39, 0.29) is 0 Å². The van der Waals surface area contributed by atoms with Gasteiger partial charge in [0.2, 0.25) is 15.8 Å². The summed E-state index contributed by atoms with van der Waals surface area (Å²) in [5, 5.41) is 0. The van der Waals surface area contributed by atoms with E-state index in [0.29, 0.717) is 24.8 Å². The van der Waals surface area contributed by atoms with Crippen LogP contribution in [0.15, 0.2) is 43.1 Å². The quantitative estimate of drug-likeness (QED) is 0.701. The van der Waals surface area contributed by atoms with E-state index in [9.17, 15) is 8.42 Å². The predicted octanol–water partition coefficient (Wildman–Crippen LogP) is 2.01. The van der Waals surface area contributed by atoms with Gasteiger partial charge in [-0.3, -0.25) is 9.38 Å². The summed E-state index contributed by atoms with van der Waals surface area (Å²) in [6.45, 7) is 1.21. The van der Waals surface area contributed by atoms with Crippen molar-refractivity contribution in [2.75, 3.05) is 19.3 Å². The molecule has 0 unspecified atom stereocenters. The first-order chi connectivity index (χ1) is 12.5. The van der Waals surface area contributed by atoms with Crippen molar-refractivity contribution in [2.24, 2.45) is 5.92 Å². The monoisotopic (exact) mass is 371 g/mol. The molecule has 1 aliphatic heterocycles. The molecule has 26 heavy (non-hydrogen) atoms. The topological polar surface area (TPSA) is 80.5 Å². The highest BCUT2D eigenvalue weighted by atomic mass is 32.2. The molecule has 1 fully saturated rings. The van der Waals surface area contributed by atoms with Crippen molar-refractivity contribution in [3.05, 3.63) is 48.7 Å². The van der Waals surface area contributed by atoms with Crippen molar-refractivity contribution in [3.63, 3.8) is 0 Å². The first-order valence-electron chi connectivity index (χ1n) is 8.68. The minimum Gasteiger partial charge on any atom is -0.284 e. The number of rotatable bonds is 4. The molecule has 0 aliphatic carbocycles. The van der Waals surface area contributed by atoms with Crippen molar-refractivity contribution >= 4 is 15.8 Å². The standard InChI is InChI=1S/C18H21N5O2S/c1-26(24,25)22-6-2-4-14(13-22)8-15-9-16(11-19-10-15)17-12-21-18-20-5-3-7-23(17)18/h3,5,7,9-12,14H,2,4,6,8,13H2,1H3/t14-/m1/s1. The molecule has 136 valence electrons. The normalized spacial score (nSPS) is 19.0. The zero-order chi connectivity index (χ0) is 18.1. The Bertz CT molecular complexity index is 1030. The van der Waals surface area contributed by atoms with E-state index >= 15 is 0 Å². The Balaban J connectivity index is 1.57. The second-order valence-electron chi connectivity index (χ2n) is 6.85. The molecule has 1 aliphatic rings. The number of pyridine rings is 1. The van der Waals surface area contributed by atoms with Gasteiger partial charge in [0.15, 0.2) is 0 Å². The lowest BCUT2D eigenvalue weighted by molar-refractivity contribution is 0.266. The number of imidazole rings is 1. The molecular weight excluding hydrogens is 350 g/mol. The van der Waals surface area contributed by atoms with Gasteiger partial charge in [-0.05, 0) is 42.9 Å². The summed E-state index contributed by atoms with van der Waals surface area (Å²) in [5.41, 5.74) is 3.05. The maximum absolute atomic E-state index is 11.8. The van der Waals surface area contributed by atoms with Crippen molar-refractivity contribution in [2.45, 2.75) is 19.3 Å². The lowest BCUT2D eigenvalue weighted by Crippen LogP contribution is -2.39. The van der Waals surface area contributed by atoms with E-state index in [2.05, 4.69) is 21.0 Å². The molecule has 3 aromatic heterocycles. The summed E-state index contributed by atoms with van der Waals surface area (Å²) in [6, 6.07) is 3.99. The third kappa shape index (κ3) is 3.47. The fraction of sp³-hybridized carbons (Fsp3) is 0.389. The Morgan fingerprint density at radius 1 is 1.23 bits per heavy atom. The number of hydrogen-bond donors (Lipinski definition) is 0. The van der Waals surface area contributed by atoms with Crippen LogP contribution < -0.4 is 0 Å². The molecule has 0 amide bonds. The third-order valence-electron chi connectivity index (χ3n) is 4.85. The van der Waals surface area contributed by atoms with Crippen LogP contribution in [0.25, 0.3) is 17.0 Å². The molecule has 0 N–H and O–H groups in total. The first-order valence-corrected chi connectivity index (χ1v) is 10.5. The second-order valence-corrected chi connectivity index (χ2v) is 8.83. The zero-order valence-corrected chi connectivity index (χ0v) is 15.4. The lowest BCUT2D eigenvalue weighted by Gasteiger charge is -2.31. The Kier molecular flexibility index (Phi) is 4.46. The number of nitrogens with zero attached hydrogens (tertiary/aromatic N) is 5. The first kappa shape index (κ1) is 17.1. The largest absolute Gasteiger partial charge is 0.284 e. The van der Waals surface area contributed by atoms with Crippen LogP contribution in [0.1, 0.15) is 18.4 Å². The fourth-order valence-corrected chi connectivity index (χ4v) is 4.55. The van der Waals surface area contributed by atoms with Gasteiger partial charge >= 0.3 is 0 Å². The molecule has 0 aromatic carbocycles. The molecule has 8 heteroatoms. The Labute approximate surface area is 152 Å². The summed E-state index contributed by atoms with van der Waals surface area (Å²) in [6.07, 6.45) is 13.2. The molecule has 0 radical (unpaired) electrons. The average molecular weight is 371 g/mol. The van der Waals surface area contributed by atoms with Gasteiger partial charge in [-0.15, -0.1) is 0 Å². The smallest absolute Gasteiger partial charge is 0.234 e. The Hall–Kier alpha value is -2.32. The molecule has 0 bridgehead atoms. The van der Waals surface area contributed by atoms with E-state index in [0.717, 1.165) is 36.1 Å². The minimum atomic E-state index is -3.12. The Morgan fingerprint density at radius 2 is 2.12 bits per heavy atom. The zero-order valence-electron chi connectivity index (χ0n) is 14.6. The molecular formula is C18H21N5O2S. The van der Waals surface area contributed by atoms with E-state index in [1.165, 1.54) is 6.26 Å². The molecule has 7 nitrogen and oxygen atoms in total. The van der Waals surface area contributed by atoms with E-state index in [1.54, 1.807) is 16.7 Å². The lowest BCUT2D eigenvalue weighted by atomic mass is 9.92. The van der Waals surface area contributed by atoms with Crippen LogP contribution in [0, 0.1) is 5.92 Å². The van der Waals surface area contributed by atoms with Gasteiger partial charge in [0.25, 0.3) is 0 Å². The second kappa shape index (κ2) is 6.77. The number of hydrogen-bond acceptors (Lipinski definition) is 5. The highest BCUT2D eigenvalue weighted by Crippen LogP contribution is 2.25. The molecule has 0 saturated carbocycles. The fourth-order valence-electron chi connectivity index (χ4n) is 3.61. The van der Waals surface area contributed by atoms with Crippen LogP contribution in [-0.2, 0) is 16.4 Å². The van der Waals surface area contributed by atoms with Crippen molar-refractivity contribution in [3.8, 4) is 11.3 Å². The molecule has 1 saturated heterocycles. The predicted molar refractivity (Wildman–Crippen MR) is 99.1 cm³/mol. The molecule has 0 spiro atoms. The van der Waals surface area contributed by atoms with Gasteiger partial charge in [0, 0.05) is 43.4 Å². The van der Waals surface area contributed by atoms with Gasteiger partial charge in [0.05, 0.1) is 18.1 Å². The number of piperidine rings is 1.